The number of hydrogen-bond acceptors (Lipinski definition) is 4. The summed E-state index contributed by atoms with van der Waals surface area (Å²) in [5.74, 6) is 3.18. The van der Waals surface area contributed by atoms with Crippen molar-refractivity contribution in [2.24, 2.45) is 0 Å². The third kappa shape index (κ3) is 3.26. The Morgan fingerprint density at radius 2 is 1.75 bits per heavy atom. The molecule has 4 rings (SSSR count). The molecule has 4 nitrogen and oxygen atoms in total. The summed E-state index contributed by atoms with van der Waals surface area (Å²) < 4.78 is 23.5. The normalized spacial score (nSPS) is 15.4. The molecule has 144 valence electrons. The Balaban J connectivity index is 1.94. The zero-order valence-electron chi connectivity index (χ0n) is 16.6. The summed E-state index contributed by atoms with van der Waals surface area (Å²) in [6.07, 6.45) is 1.98. The summed E-state index contributed by atoms with van der Waals surface area (Å²) in [5.41, 5.74) is 3.25. The van der Waals surface area contributed by atoms with Crippen LogP contribution in [0.25, 0.3) is 16.8 Å². The Morgan fingerprint density at radius 3 is 2.46 bits per heavy atom. The fourth-order valence-electron chi connectivity index (χ4n) is 3.68. The van der Waals surface area contributed by atoms with Crippen molar-refractivity contribution in [2.45, 2.75) is 26.6 Å². The molecule has 1 aliphatic rings. The average Bonchev–Trinajstić information content (AvgIpc) is 2.71. The Morgan fingerprint density at radius 1 is 0.964 bits per heavy atom. The standard InChI is InChI=1S/C24H24O4/c1-15-10-21-19(16(2)28-15)13-20-22(11-18(25-3)12-23(20)26-4)24(21)27-14-17-8-6-5-7-9-17/h5-13,16H,14H2,1-4H3. The summed E-state index contributed by atoms with van der Waals surface area (Å²) in [5, 5.41) is 1.94. The van der Waals surface area contributed by atoms with Crippen LogP contribution < -0.4 is 14.2 Å². The summed E-state index contributed by atoms with van der Waals surface area (Å²) in [6.45, 7) is 4.50. The summed E-state index contributed by atoms with van der Waals surface area (Å²) in [7, 11) is 3.33. The Labute approximate surface area is 165 Å². The number of methoxy groups -OCH3 is 2. The van der Waals surface area contributed by atoms with Crippen LogP contribution in [0.15, 0.2) is 54.3 Å². The Kier molecular flexibility index (Phi) is 4.86. The van der Waals surface area contributed by atoms with Crippen LogP contribution in [0.4, 0.5) is 0 Å². The zero-order valence-corrected chi connectivity index (χ0v) is 16.6. The van der Waals surface area contributed by atoms with Crippen molar-refractivity contribution in [3.05, 3.63) is 71.0 Å². The second-order valence-corrected chi connectivity index (χ2v) is 6.92. The molecule has 1 heterocycles. The third-order valence-corrected chi connectivity index (χ3v) is 5.05. The van der Waals surface area contributed by atoms with Gasteiger partial charge in [0.15, 0.2) is 0 Å². The molecular weight excluding hydrogens is 352 g/mol. The smallest absolute Gasteiger partial charge is 0.135 e. The quantitative estimate of drug-likeness (QED) is 0.556. The van der Waals surface area contributed by atoms with Gasteiger partial charge in [-0.15, -0.1) is 0 Å². The van der Waals surface area contributed by atoms with Gasteiger partial charge in [-0.05, 0) is 37.6 Å². The maximum Gasteiger partial charge on any atom is 0.135 e. The van der Waals surface area contributed by atoms with Gasteiger partial charge < -0.3 is 18.9 Å². The fourth-order valence-corrected chi connectivity index (χ4v) is 3.68. The van der Waals surface area contributed by atoms with E-state index in [1.165, 1.54) is 0 Å². The maximum absolute atomic E-state index is 6.39. The lowest BCUT2D eigenvalue weighted by molar-refractivity contribution is 0.132. The van der Waals surface area contributed by atoms with Crippen molar-refractivity contribution in [2.75, 3.05) is 14.2 Å². The van der Waals surface area contributed by atoms with Gasteiger partial charge >= 0.3 is 0 Å². The topological polar surface area (TPSA) is 36.9 Å². The van der Waals surface area contributed by atoms with E-state index in [0.29, 0.717) is 6.61 Å². The zero-order chi connectivity index (χ0) is 19.7. The maximum atomic E-state index is 6.39. The molecule has 3 aromatic carbocycles. The first-order chi connectivity index (χ1) is 13.6. The summed E-state index contributed by atoms with van der Waals surface area (Å²) in [6, 6.07) is 16.2. The highest BCUT2D eigenvalue weighted by molar-refractivity contribution is 5.98. The van der Waals surface area contributed by atoms with E-state index in [1.54, 1.807) is 14.2 Å². The van der Waals surface area contributed by atoms with E-state index in [2.05, 4.69) is 25.1 Å². The van der Waals surface area contributed by atoms with Crippen molar-refractivity contribution in [1.82, 2.24) is 0 Å². The molecule has 0 saturated heterocycles. The van der Waals surface area contributed by atoms with E-state index in [0.717, 1.165) is 50.5 Å². The summed E-state index contributed by atoms with van der Waals surface area (Å²) >= 11 is 0. The van der Waals surface area contributed by atoms with Crippen LogP contribution in [0.1, 0.15) is 36.6 Å². The first-order valence-corrected chi connectivity index (χ1v) is 9.35. The Bertz CT molecular complexity index is 1040. The molecule has 4 heteroatoms. The number of hydrogen-bond donors (Lipinski definition) is 0. The number of rotatable bonds is 5. The fraction of sp³-hybridized carbons (Fsp3) is 0.250. The molecule has 0 aromatic heterocycles. The molecule has 0 N–H and O–H groups in total. The van der Waals surface area contributed by atoms with Gasteiger partial charge in [0.05, 0.1) is 20.0 Å². The minimum absolute atomic E-state index is 0.0599. The number of fused-ring (bicyclic) bond motifs is 2. The third-order valence-electron chi connectivity index (χ3n) is 5.05. The van der Waals surface area contributed by atoms with Gasteiger partial charge in [-0.2, -0.15) is 0 Å². The molecule has 1 aliphatic heterocycles. The molecule has 0 aliphatic carbocycles. The molecule has 0 spiro atoms. The molecule has 0 fully saturated rings. The summed E-state index contributed by atoms with van der Waals surface area (Å²) in [4.78, 5) is 0. The number of allylic oxidation sites excluding steroid dienone is 1. The van der Waals surface area contributed by atoms with Crippen LogP contribution >= 0.6 is 0 Å². The minimum atomic E-state index is -0.0599. The van der Waals surface area contributed by atoms with E-state index in [4.69, 9.17) is 18.9 Å². The molecule has 1 unspecified atom stereocenters. The van der Waals surface area contributed by atoms with Crippen LogP contribution in [-0.2, 0) is 11.3 Å². The second-order valence-electron chi connectivity index (χ2n) is 6.92. The lowest BCUT2D eigenvalue weighted by atomic mass is 9.93. The van der Waals surface area contributed by atoms with Crippen molar-refractivity contribution in [1.29, 1.82) is 0 Å². The second kappa shape index (κ2) is 7.47. The van der Waals surface area contributed by atoms with E-state index in [-0.39, 0.29) is 6.10 Å². The largest absolute Gasteiger partial charge is 0.497 e. The first kappa shape index (κ1) is 18.2. The predicted octanol–water partition coefficient (Wildman–Crippen LogP) is 5.89. The predicted molar refractivity (Wildman–Crippen MR) is 111 cm³/mol. The van der Waals surface area contributed by atoms with Crippen molar-refractivity contribution >= 4 is 16.8 Å². The van der Waals surface area contributed by atoms with Crippen LogP contribution in [0.5, 0.6) is 17.2 Å². The van der Waals surface area contributed by atoms with E-state index >= 15 is 0 Å². The van der Waals surface area contributed by atoms with Gasteiger partial charge in [-0.3, -0.25) is 0 Å². The molecule has 0 radical (unpaired) electrons. The van der Waals surface area contributed by atoms with Gasteiger partial charge in [0.1, 0.15) is 30.0 Å². The Hall–Kier alpha value is -3.14. The molecular formula is C24H24O4. The number of benzene rings is 3. The van der Waals surface area contributed by atoms with Crippen LogP contribution in [-0.4, -0.2) is 14.2 Å². The van der Waals surface area contributed by atoms with E-state index in [9.17, 15) is 0 Å². The van der Waals surface area contributed by atoms with Crippen molar-refractivity contribution < 1.29 is 18.9 Å². The van der Waals surface area contributed by atoms with E-state index < -0.39 is 0 Å². The molecule has 0 saturated carbocycles. The minimum Gasteiger partial charge on any atom is -0.497 e. The number of ether oxygens (including phenoxy) is 4. The van der Waals surface area contributed by atoms with Gasteiger partial charge in [-0.1, -0.05) is 30.3 Å². The van der Waals surface area contributed by atoms with Crippen LogP contribution in [0, 0.1) is 0 Å². The highest BCUT2D eigenvalue weighted by Gasteiger charge is 2.24. The van der Waals surface area contributed by atoms with Crippen LogP contribution in [0.3, 0.4) is 0 Å². The van der Waals surface area contributed by atoms with Gasteiger partial charge in [0, 0.05) is 28.0 Å². The van der Waals surface area contributed by atoms with Gasteiger partial charge in [0.2, 0.25) is 0 Å². The van der Waals surface area contributed by atoms with Crippen molar-refractivity contribution in [3.8, 4) is 17.2 Å². The highest BCUT2D eigenvalue weighted by Crippen LogP contribution is 2.45. The SMILES string of the molecule is COc1cc(OC)c2cc3c(c(OCc4ccccc4)c2c1)C=C(C)OC3C. The van der Waals surface area contributed by atoms with E-state index in [1.807, 2.05) is 43.3 Å². The van der Waals surface area contributed by atoms with Crippen molar-refractivity contribution in [3.63, 3.8) is 0 Å². The van der Waals surface area contributed by atoms with Gasteiger partial charge in [-0.25, -0.2) is 0 Å². The molecule has 3 aromatic rings. The lowest BCUT2D eigenvalue weighted by Gasteiger charge is -2.26. The average molecular weight is 376 g/mol. The molecule has 28 heavy (non-hydrogen) atoms. The van der Waals surface area contributed by atoms with Gasteiger partial charge in [0.25, 0.3) is 0 Å². The monoisotopic (exact) mass is 376 g/mol. The highest BCUT2D eigenvalue weighted by atomic mass is 16.5. The van der Waals surface area contributed by atoms with Crippen LogP contribution in [0.2, 0.25) is 0 Å². The lowest BCUT2D eigenvalue weighted by Crippen LogP contribution is -2.09. The molecule has 0 bridgehead atoms. The molecule has 0 amide bonds. The first-order valence-electron chi connectivity index (χ1n) is 9.35. The molecule has 1 atom stereocenters.